The summed E-state index contributed by atoms with van der Waals surface area (Å²) in [6, 6.07) is 0. The SMILES string of the molecule is CC1(C)CCCN1Cc1csc(C(=O)NN)n1. The van der Waals surface area contributed by atoms with Gasteiger partial charge in [-0.2, -0.15) is 0 Å². The van der Waals surface area contributed by atoms with Gasteiger partial charge < -0.3 is 0 Å². The Morgan fingerprint density at radius 2 is 2.47 bits per heavy atom. The van der Waals surface area contributed by atoms with Gasteiger partial charge in [0, 0.05) is 17.5 Å². The van der Waals surface area contributed by atoms with Crippen molar-refractivity contribution in [3.63, 3.8) is 0 Å². The van der Waals surface area contributed by atoms with Crippen molar-refractivity contribution in [2.24, 2.45) is 5.84 Å². The zero-order valence-corrected chi connectivity index (χ0v) is 11.0. The van der Waals surface area contributed by atoms with Crippen LogP contribution in [0.1, 0.15) is 42.2 Å². The molecule has 0 unspecified atom stereocenters. The maximum Gasteiger partial charge on any atom is 0.294 e. The van der Waals surface area contributed by atoms with Gasteiger partial charge in [-0.05, 0) is 33.2 Å². The highest BCUT2D eigenvalue weighted by Gasteiger charge is 2.32. The summed E-state index contributed by atoms with van der Waals surface area (Å²) in [5, 5.41) is 2.36. The van der Waals surface area contributed by atoms with Crippen LogP contribution in [0.3, 0.4) is 0 Å². The van der Waals surface area contributed by atoms with Crippen LogP contribution in [0.25, 0.3) is 0 Å². The molecule has 1 amide bonds. The molecule has 5 nitrogen and oxygen atoms in total. The highest BCUT2D eigenvalue weighted by molar-refractivity contribution is 7.11. The van der Waals surface area contributed by atoms with Crippen LogP contribution in [-0.2, 0) is 6.54 Å². The number of thiazole rings is 1. The number of carbonyl (C=O) groups is 1. The summed E-state index contributed by atoms with van der Waals surface area (Å²) in [5.74, 6) is 4.76. The van der Waals surface area contributed by atoms with E-state index in [9.17, 15) is 4.79 Å². The fraction of sp³-hybridized carbons (Fsp3) is 0.636. The Morgan fingerprint density at radius 3 is 3.06 bits per heavy atom. The van der Waals surface area contributed by atoms with Gasteiger partial charge in [0.2, 0.25) is 0 Å². The van der Waals surface area contributed by atoms with E-state index < -0.39 is 0 Å². The topological polar surface area (TPSA) is 71.2 Å². The monoisotopic (exact) mass is 254 g/mol. The maximum absolute atomic E-state index is 11.3. The van der Waals surface area contributed by atoms with E-state index in [1.54, 1.807) is 0 Å². The van der Waals surface area contributed by atoms with Gasteiger partial charge in [-0.25, -0.2) is 10.8 Å². The first-order valence-corrected chi connectivity index (χ1v) is 6.61. The van der Waals surface area contributed by atoms with Crippen LogP contribution >= 0.6 is 11.3 Å². The molecule has 17 heavy (non-hydrogen) atoms. The van der Waals surface area contributed by atoms with Gasteiger partial charge in [-0.15, -0.1) is 11.3 Å². The first-order chi connectivity index (χ1) is 8.03. The molecule has 0 aromatic carbocycles. The number of carbonyl (C=O) groups excluding carboxylic acids is 1. The van der Waals surface area contributed by atoms with Gasteiger partial charge in [0.05, 0.1) is 5.69 Å². The molecule has 0 radical (unpaired) electrons. The number of nitrogens with one attached hydrogen (secondary N) is 1. The number of hydrogen-bond donors (Lipinski definition) is 2. The predicted octanol–water partition coefficient (Wildman–Crippen LogP) is 1.12. The van der Waals surface area contributed by atoms with Crippen molar-refractivity contribution in [1.29, 1.82) is 0 Å². The van der Waals surface area contributed by atoms with Gasteiger partial charge in [0.15, 0.2) is 5.01 Å². The van der Waals surface area contributed by atoms with E-state index in [0.29, 0.717) is 5.01 Å². The minimum absolute atomic E-state index is 0.236. The number of hydrazine groups is 1. The summed E-state index contributed by atoms with van der Waals surface area (Å²) in [7, 11) is 0. The smallest absolute Gasteiger partial charge is 0.292 e. The van der Waals surface area contributed by atoms with Gasteiger partial charge in [-0.1, -0.05) is 0 Å². The second-order valence-corrected chi connectivity index (χ2v) is 5.81. The quantitative estimate of drug-likeness (QED) is 0.482. The fourth-order valence-corrected chi connectivity index (χ4v) is 2.91. The summed E-state index contributed by atoms with van der Waals surface area (Å²) < 4.78 is 0. The van der Waals surface area contributed by atoms with E-state index in [0.717, 1.165) is 18.8 Å². The zero-order valence-electron chi connectivity index (χ0n) is 10.2. The third-order valence-electron chi connectivity index (χ3n) is 3.30. The van der Waals surface area contributed by atoms with Crippen LogP contribution < -0.4 is 11.3 Å². The lowest BCUT2D eigenvalue weighted by molar-refractivity contribution is 0.0952. The summed E-state index contributed by atoms with van der Waals surface area (Å²) >= 11 is 1.34. The fourth-order valence-electron chi connectivity index (χ4n) is 2.20. The van der Waals surface area contributed by atoms with E-state index in [4.69, 9.17) is 5.84 Å². The molecular formula is C11H18N4OS. The van der Waals surface area contributed by atoms with Crippen LogP contribution in [-0.4, -0.2) is 27.9 Å². The van der Waals surface area contributed by atoms with Crippen molar-refractivity contribution in [3.8, 4) is 0 Å². The van der Waals surface area contributed by atoms with E-state index in [1.807, 2.05) is 5.38 Å². The largest absolute Gasteiger partial charge is 0.294 e. The van der Waals surface area contributed by atoms with Crippen LogP contribution in [0.15, 0.2) is 5.38 Å². The molecule has 3 N–H and O–H groups in total. The van der Waals surface area contributed by atoms with Crippen LogP contribution in [0.5, 0.6) is 0 Å². The van der Waals surface area contributed by atoms with E-state index in [1.165, 1.54) is 24.2 Å². The molecule has 0 saturated carbocycles. The highest BCUT2D eigenvalue weighted by Crippen LogP contribution is 2.29. The summed E-state index contributed by atoms with van der Waals surface area (Å²) in [6.45, 7) is 6.41. The highest BCUT2D eigenvalue weighted by atomic mass is 32.1. The van der Waals surface area contributed by atoms with Crippen molar-refractivity contribution >= 4 is 17.2 Å². The Morgan fingerprint density at radius 1 is 1.71 bits per heavy atom. The average Bonchev–Trinajstić information content (AvgIpc) is 2.86. The first-order valence-electron chi connectivity index (χ1n) is 5.73. The zero-order chi connectivity index (χ0) is 12.5. The Balaban J connectivity index is 2.04. The number of aromatic nitrogens is 1. The van der Waals surface area contributed by atoms with Crippen molar-refractivity contribution in [1.82, 2.24) is 15.3 Å². The Hall–Kier alpha value is -0.980. The number of likely N-dealkylation sites (tertiary alicyclic amines) is 1. The number of rotatable bonds is 3. The molecule has 1 fully saturated rings. The molecule has 1 aromatic heterocycles. The van der Waals surface area contributed by atoms with Gasteiger partial charge in [-0.3, -0.25) is 15.1 Å². The summed E-state index contributed by atoms with van der Waals surface area (Å²) in [6.07, 6.45) is 2.45. The maximum atomic E-state index is 11.3. The van der Waals surface area contributed by atoms with E-state index in [2.05, 4.69) is 29.2 Å². The number of hydrogen-bond acceptors (Lipinski definition) is 5. The molecule has 1 saturated heterocycles. The molecule has 2 rings (SSSR count). The van der Waals surface area contributed by atoms with Crippen LogP contribution in [0.4, 0.5) is 0 Å². The Bertz CT molecular complexity index is 415. The average molecular weight is 254 g/mol. The Labute approximate surface area is 105 Å². The molecule has 2 heterocycles. The molecule has 6 heteroatoms. The van der Waals surface area contributed by atoms with E-state index in [-0.39, 0.29) is 11.4 Å². The third-order valence-corrected chi connectivity index (χ3v) is 4.19. The van der Waals surface area contributed by atoms with Crippen LogP contribution in [0.2, 0.25) is 0 Å². The molecule has 1 aliphatic rings. The summed E-state index contributed by atoms with van der Waals surface area (Å²) in [5.41, 5.74) is 3.28. The summed E-state index contributed by atoms with van der Waals surface area (Å²) in [4.78, 5) is 18.0. The van der Waals surface area contributed by atoms with Crippen molar-refractivity contribution in [2.45, 2.75) is 38.8 Å². The van der Waals surface area contributed by atoms with Crippen molar-refractivity contribution in [3.05, 3.63) is 16.1 Å². The molecule has 0 atom stereocenters. The molecular weight excluding hydrogens is 236 g/mol. The van der Waals surface area contributed by atoms with Crippen molar-refractivity contribution < 1.29 is 4.79 Å². The molecule has 1 aromatic rings. The number of nitrogens with zero attached hydrogens (tertiary/aromatic N) is 2. The lowest BCUT2D eigenvalue weighted by Crippen LogP contribution is -2.37. The number of nitrogen functional groups attached to an aromatic ring is 1. The minimum atomic E-state index is -0.318. The van der Waals surface area contributed by atoms with Gasteiger partial charge >= 0.3 is 0 Å². The molecule has 94 valence electrons. The first kappa shape index (κ1) is 12.5. The van der Waals surface area contributed by atoms with Crippen LogP contribution in [0, 0.1) is 0 Å². The normalized spacial score (nSPS) is 19.5. The Kier molecular flexibility index (Phi) is 3.46. The second kappa shape index (κ2) is 4.72. The molecule has 0 bridgehead atoms. The third kappa shape index (κ3) is 2.65. The second-order valence-electron chi connectivity index (χ2n) is 4.96. The van der Waals surface area contributed by atoms with Crippen molar-refractivity contribution in [2.75, 3.05) is 6.54 Å². The molecule has 0 spiro atoms. The molecule has 0 aliphatic carbocycles. The number of amides is 1. The lowest BCUT2D eigenvalue weighted by atomic mass is 10.0. The standard InChI is InChI=1S/C11H18N4OS/c1-11(2)4-3-5-15(11)6-8-7-17-10(13-8)9(16)14-12/h7H,3-6,12H2,1-2H3,(H,14,16). The van der Waals surface area contributed by atoms with Gasteiger partial charge in [0.25, 0.3) is 5.91 Å². The van der Waals surface area contributed by atoms with Gasteiger partial charge in [0.1, 0.15) is 0 Å². The minimum Gasteiger partial charge on any atom is -0.292 e. The molecule has 1 aliphatic heterocycles. The predicted molar refractivity (Wildman–Crippen MR) is 67.5 cm³/mol. The van der Waals surface area contributed by atoms with E-state index >= 15 is 0 Å². The lowest BCUT2D eigenvalue weighted by Gasteiger charge is -2.30. The number of nitrogens with two attached hydrogens (primary N) is 1.